The summed E-state index contributed by atoms with van der Waals surface area (Å²) in [5.74, 6) is 5.10. The summed E-state index contributed by atoms with van der Waals surface area (Å²) >= 11 is 3.29. The van der Waals surface area contributed by atoms with Gasteiger partial charge < -0.3 is 4.74 Å². The number of nitriles is 1. The van der Waals surface area contributed by atoms with E-state index in [0.29, 0.717) is 22.6 Å². The van der Waals surface area contributed by atoms with E-state index in [4.69, 9.17) is 15.8 Å². The molecule has 0 fully saturated rings. The standard InChI is InChI=1S/C14H11BrN4O2/c15-11-2-4-13(10(5-11)6-16)21-8-12-3-1-9(7-18-12)14(20)19-17/h1-5,7H,8,17H2,(H,19,20). The summed E-state index contributed by atoms with van der Waals surface area (Å²) in [6.45, 7) is 0.195. The second-order valence-electron chi connectivity index (χ2n) is 4.05. The average molecular weight is 347 g/mol. The van der Waals surface area contributed by atoms with Gasteiger partial charge in [0.1, 0.15) is 18.4 Å². The zero-order chi connectivity index (χ0) is 15.2. The summed E-state index contributed by atoms with van der Waals surface area (Å²) in [5.41, 5.74) is 3.46. The predicted molar refractivity (Wildman–Crippen MR) is 79.1 cm³/mol. The second-order valence-corrected chi connectivity index (χ2v) is 4.97. The van der Waals surface area contributed by atoms with Crippen LogP contribution < -0.4 is 16.0 Å². The molecule has 1 aromatic heterocycles. The Balaban J connectivity index is 2.07. The number of rotatable bonds is 4. The van der Waals surface area contributed by atoms with Crippen LogP contribution in [-0.4, -0.2) is 10.9 Å². The maximum absolute atomic E-state index is 11.3. The molecular formula is C14H11BrN4O2. The second kappa shape index (κ2) is 6.83. The number of nitrogens with two attached hydrogens (primary N) is 1. The monoisotopic (exact) mass is 346 g/mol. The van der Waals surface area contributed by atoms with Gasteiger partial charge in [-0.3, -0.25) is 15.2 Å². The Labute approximate surface area is 129 Å². The van der Waals surface area contributed by atoms with Crippen LogP contribution in [0.4, 0.5) is 0 Å². The van der Waals surface area contributed by atoms with Crippen LogP contribution in [0.2, 0.25) is 0 Å². The molecule has 0 radical (unpaired) electrons. The van der Waals surface area contributed by atoms with Crippen molar-refractivity contribution in [3.05, 3.63) is 57.8 Å². The number of halogens is 1. The van der Waals surface area contributed by atoms with Crippen LogP contribution in [0, 0.1) is 11.3 Å². The lowest BCUT2D eigenvalue weighted by atomic mass is 10.2. The number of carbonyl (C=O) groups excluding carboxylic acids is 1. The quantitative estimate of drug-likeness (QED) is 0.500. The van der Waals surface area contributed by atoms with Gasteiger partial charge in [0.05, 0.1) is 16.8 Å². The van der Waals surface area contributed by atoms with Crippen LogP contribution in [-0.2, 0) is 6.61 Å². The van der Waals surface area contributed by atoms with Crippen molar-refractivity contribution in [2.24, 2.45) is 5.84 Å². The number of nitrogens with zero attached hydrogens (tertiary/aromatic N) is 2. The van der Waals surface area contributed by atoms with E-state index in [1.54, 1.807) is 30.3 Å². The van der Waals surface area contributed by atoms with Crippen LogP contribution in [0.15, 0.2) is 41.0 Å². The lowest BCUT2D eigenvalue weighted by molar-refractivity contribution is 0.0953. The fraction of sp³-hybridized carbons (Fsp3) is 0.0714. The molecule has 0 unspecified atom stereocenters. The van der Waals surface area contributed by atoms with Gasteiger partial charge >= 0.3 is 0 Å². The third-order valence-corrected chi connectivity index (χ3v) is 3.15. The van der Waals surface area contributed by atoms with Gasteiger partial charge in [0.2, 0.25) is 0 Å². The molecule has 0 atom stereocenters. The van der Waals surface area contributed by atoms with Gasteiger partial charge in [-0.05, 0) is 30.3 Å². The van der Waals surface area contributed by atoms with E-state index in [9.17, 15) is 4.79 Å². The van der Waals surface area contributed by atoms with Gasteiger partial charge in [0, 0.05) is 10.7 Å². The maximum atomic E-state index is 11.3. The lowest BCUT2D eigenvalue weighted by Gasteiger charge is -2.08. The van der Waals surface area contributed by atoms with Gasteiger partial charge in [0.15, 0.2) is 0 Å². The normalized spacial score (nSPS) is 9.76. The fourth-order valence-electron chi connectivity index (χ4n) is 1.59. The molecule has 0 aliphatic carbocycles. The number of hydrogen-bond acceptors (Lipinski definition) is 5. The molecule has 1 amide bonds. The summed E-state index contributed by atoms with van der Waals surface area (Å²) in [6.07, 6.45) is 1.41. The molecule has 0 aliphatic heterocycles. The summed E-state index contributed by atoms with van der Waals surface area (Å²) in [4.78, 5) is 15.4. The molecule has 0 saturated carbocycles. The van der Waals surface area contributed by atoms with Crippen molar-refractivity contribution in [2.45, 2.75) is 6.61 Å². The van der Waals surface area contributed by atoms with Crippen LogP contribution >= 0.6 is 15.9 Å². The number of aromatic nitrogens is 1. The molecule has 0 saturated heterocycles. The van der Waals surface area contributed by atoms with Crippen molar-refractivity contribution in [1.29, 1.82) is 5.26 Å². The molecule has 3 N–H and O–H groups in total. The molecule has 106 valence electrons. The molecule has 0 bridgehead atoms. The number of nitrogens with one attached hydrogen (secondary N) is 1. The van der Waals surface area contributed by atoms with Gasteiger partial charge in [-0.1, -0.05) is 15.9 Å². The molecular weight excluding hydrogens is 336 g/mol. The topological polar surface area (TPSA) is 101 Å². The Morgan fingerprint density at radius 2 is 2.24 bits per heavy atom. The number of benzene rings is 1. The first-order valence-corrected chi connectivity index (χ1v) is 6.71. The molecule has 2 aromatic rings. The summed E-state index contributed by atoms with van der Waals surface area (Å²) in [5, 5.41) is 9.04. The molecule has 2 rings (SSSR count). The largest absolute Gasteiger partial charge is 0.486 e. The molecule has 1 heterocycles. The highest BCUT2D eigenvalue weighted by molar-refractivity contribution is 9.10. The first-order valence-electron chi connectivity index (χ1n) is 5.92. The third-order valence-electron chi connectivity index (χ3n) is 2.66. The summed E-state index contributed by atoms with van der Waals surface area (Å²) in [6, 6.07) is 10.5. The zero-order valence-corrected chi connectivity index (χ0v) is 12.4. The SMILES string of the molecule is N#Cc1cc(Br)ccc1OCc1ccc(C(=O)NN)cn1. The summed E-state index contributed by atoms with van der Waals surface area (Å²) < 4.78 is 6.37. The van der Waals surface area contributed by atoms with E-state index < -0.39 is 5.91 Å². The number of hydrogen-bond donors (Lipinski definition) is 2. The lowest BCUT2D eigenvalue weighted by Crippen LogP contribution is -2.30. The first-order chi connectivity index (χ1) is 10.1. The first kappa shape index (κ1) is 15.0. The van der Waals surface area contributed by atoms with Gasteiger partial charge in [0.25, 0.3) is 5.91 Å². The van der Waals surface area contributed by atoms with E-state index >= 15 is 0 Å². The molecule has 0 spiro atoms. The van der Waals surface area contributed by atoms with Crippen molar-refractivity contribution in [1.82, 2.24) is 10.4 Å². The number of carbonyl (C=O) groups is 1. The van der Waals surface area contributed by atoms with E-state index in [1.165, 1.54) is 6.20 Å². The maximum Gasteiger partial charge on any atom is 0.266 e. The van der Waals surface area contributed by atoms with E-state index in [1.807, 2.05) is 5.43 Å². The minimum Gasteiger partial charge on any atom is -0.486 e. The minimum absolute atomic E-state index is 0.195. The van der Waals surface area contributed by atoms with Crippen LogP contribution in [0.1, 0.15) is 21.6 Å². The van der Waals surface area contributed by atoms with Gasteiger partial charge in [-0.15, -0.1) is 0 Å². The van der Waals surface area contributed by atoms with Crippen LogP contribution in [0.5, 0.6) is 5.75 Å². The van der Waals surface area contributed by atoms with Crippen LogP contribution in [0.3, 0.4) is 0 Å². The van der Waals surface area contributed by atoms with Crippen molar-refractivity contribution < 1.29 is 9.53 Å². The molecule has 1 aromatic carbocycles. The van der Waals surface area contributed by atoms with Crippen molar-refractivity contribution in [3.8, 4) is 11.8 Å². The van der Waals surface area contributed by atoms with Gasteiger partial charge in [-0.2, -0.15) is 5.26 Å². The Morgan fingerprint density at radius 1 is 1.43 bits per heavy atom. The predicted octanol–water partition coefficient (Wildman–Crippen LogP) is 1.90. The number of amides is 1. The molecule has 6 nitrogen and oxygen atoms in total. The highest BCUT2D eigenvalue weighted by atomic mass is 79.9. The highest BCUT2D eigenvalue weighted by Gasteiger charge is 2.07. The smallest absolute Gasteiger partial charge is 0.266 e. The Hall–Kier alpha value is -2.43. The Bertz CT molecular complexity index is 695. The third kappa shape index (κ3) is 3.78. The Kier molecular flexibility index (Phi) is 4.87. The molecule has 21 heavy (non-hydrogen) atoms. The Morgan fingerprint density at radius 3 is 2.86 bits per heavy atom. The van der Waals surface area contributed by atoms with Crippen molar-refractivity contribution in [3.63, 3.8) is 0 Å². The van der Waals surface area contributed by atoms with E-state index in [2.05, 4.69) is 27.0 Å². The number of hydrazine groups is 1. The van der Waals surface area contributed by atoms with E-state index in [0.717, 1.165) is 4.47 Å². The molecule has 7 heteroatoms. The highest BCUT2D eigenvalue weighted by Crippen LogP contribution is 2.23. The zero-order valence-electron chi connectivity index (χ0n) is 10.8. The average Bonchev–Trinajstić information content (AvgIpc) is 2.53. The van der Waals surface area contributed by atoms with Crippen molar-refractivity contribution in [2.75, 3.05) is 0 Å². The molecule has 0 aliphatic rings. The number of nitrogen functional groups attached to an aromatic ring is 1. The van der Waals surface area contributed by atoms with E-state index in [-0.39, 0.29) is 6.61 Å². The fourth-order valence-corrected chi connectivity index (χ4v) is 1.96. The van der Waals surface area contributed by atoms with Crippen LogP contribution in [0.25, 0.3) is 0 Å². The van der Waals surface area contributed by atoms with Gasteiger partial charge in [-0.25, -0.2) is 5.84 Å². The number of pyridine rings is 1. The minimum atomic E-state index is -0.408. The summed E-state index contributed by atoms with van der Waals surface area (Å²) in [7, 11) is 0. The van der Waals surface area contributed by atoms with Crippen molar-refractivity contribution >= 4 is 21.8 Å². The number of ether oxygens (including phenoxy) is 1.